The average Bonchev–Trinajstić information content (AvgIpc) is 2.16. The second kappa shape index (κ2) is 5.07. The Bertz CT molecular complexity index is 385. The summed E-state index contributed by atoms with van der Waals surface area (Å²) in [4.78, 5) is 11.3. The summed E-state index contributed by atoms with van der Waals surface area (Å²) in [5.74, 6) is -0.250. The third-order valence-corrected chi connectivity index (χ3v) is 3.66. The van der Waals surface area contributed by atoms with Crippen LogP contribution in [0.4, 0.5) is 0 Å². The van der Waals surface area contributed by atoms with E-state index in [1.807, 2.05) is 13.8 Å². The molecule has 1 aromatic carbocycles. The summed E-state index contributed by atoms with van der Waals surface area (Å²) in [6.07, 6.45) is 0. The number of carbonyl (C=O) groups is 1. The predicted molar refractivity (Wildman–Crippen MR) is 59.5 cm³/mol. The molecular formula is C11H14O3S. The lowest BCUT2D eigenvalue weighted by Crippen LogP contribution is -2.09. The molecule has 82 valence electrons. The van der Waals surface area contributed by atoms with Crippen molar-refractivity contribution in [2.45, 2.75) is 18.7 Å². The molecule has 0 saturated carbocycles. The lowest BCUT2D eigenvalue weighted by Gasteiger charge is -2.07. The number of carboxylic acid groups (broad SMARTS) is 1. The molecule has 0 aliphatic rings. The Hall–Kier alpha value is -1.16. The molecule has 0 saturated heterocycles. The van der Waals surface area contributed by atoms with Crippen molar-refractivity contribution in [2.24, 2.45) is 5.92 Å². The van der Waals surface area contributed by atoms with Crippen molar-refractivity contribution < 1.29 is 14.1 Å². The maximum Gasteiger partial charge on any atom is 0.336 e. The largest absolute Gasteiger partial charge is 0.478 e. The van der Waals surface area contributed by atoms with E-state index in [0.29, 0.717) is 10.6 Å². The number of rotatable bonds is 4. The van der Waals surface area contributed by atoms with Gasteiger partial charge in [-0.05, 0) is 18.1 Å². The van der Waals surface area contributed by atoms with Gasteiger partial charge in [-0.15, -0.1) is 0 Å². The number of hydrogen-bond donors (Lipinski definition) is 1. The lowest BCUT2D eigenvalue weighted by molar-refractivity contribution is 0.0693. The van der Waals surface area contributed by atoms with Gasteiger partial charge in [-0.2, -0.15) is 0 Å². The Morgan fingerprint density at radius 1 is 1.40 bits per heavy atom. The van der Waals surface area contributed by atoms with E-state index in [9.17, 15) is 9.00 Å². The molecule has 0 radical (unpaired) electrons. The van der Waals surface area contributed by atoms with Crippen molar-refractivity contribution in [1.82, 2.24) is 0 Å². The van der Waals surface area contributed by atoms with E-state index in [1.54, 1.807) is 18.2 Å². The second-order valence-electron chi connectivity index (χ2n) is 3.71. The highest BCUT2D eigenvalue weighted by molar-refractivity contribution is 7.85. The van der Waals surface area contributed by atoms with E-state index < -0.39 is 16.8 Å². The summed E-state index contributed by atoms with van der Waals surface area (Å²) in [6, 6.07) is 6.44. The molecule has 3 nitrogen and oxygen atoms in total. The molecule has 0 amide bonds. The van der Waals surface area contributed by atoms with E-state index in [-0.39, 0.29) is 11.5 Å². The first kappa shape index (κ1) is 11.9. The van der Waals surface area contributed by atoms with Crippen molar-refractivity contribution in [1.29, 1.82) is 0 Å². The van der Waals surface area contributed by atoms with Crippen LogP contribution in [0.15, 0.2) is 29.2 Å². The van der Waals surface area contributed by atoms with E-state index in [1.165, 1.54) is 6.07 Å². The van der Waals surface area contributed by atoms with Crippen LogP contribution in [0.2, 0.25) is 0 Å². The van der Waals surface area contributed by atoms with Crippen LogP contribution in [0.3, 0.4) is 0 Å². The first-order valence-corrected chi connectivity index (χ1v) is 6.05. The summed E-state index contributed by atoms with van der Waals surface area (Å²) in [5, 5.41) is 8.91. The molecule has 0 aliphatic heterocycles. The van der Waals surface area contributed by atoms with Gasteiger partial charge in [-0.25, -0.2) is 4.79 Å². The van der Waals surface area contributed by atoms with E-state index in [0.717, 1.165) is 0 Å². The summed E-state index contributed by atoms with van der Waals surface area (Å²) in [5.41, 5.74) is 0.136. The number of aromatic carboxylic acids is 1. The molecule has 1 aromatic rings. The normalized spacial score (nSPS) is 12.7. The van der Waals surface area contributed by atoms with Gasteiger partial charge >= 0.3 is 5.97 Å². The molecule has 1 atom stereocenters. The topological polar surface area (TPSA) is 54.4 Å². The van der Waals surface area contributed by atoms with Crippen molar-refractivity contribution in [2.75, 3.05) is 5.75 Å². The zero-order valence-corrected chi connectivity index (χ0v) is 9.58. The minimum absolute atomic E-state index is 0.136. The molecule has 0 aliphatic carbocycles. The zero-order valence-electron chi connectivity index (χ0n) is 8.77. The molecule has 0 spiro atoms. The number of carboxylic acids is 1. The highest BCUT2D eigenvalue weighted by Crippen LogP contribution is 2.15. The summed E-state index contributed by atoms with van der Waals surface area (Å²) in [6.45, 7) is 3.92. The van der Waals surface area contributed by atoms with Crippen LogP contribution in [0.1, 0.15) is 24.2 Å². The van der Waals surface area contributed by atoms with Gasteiger partial charge in [0, 0.05) is 5.75 Å². The smallest absolute Gasteiger partial charge is 0.336 e. The van der Waals surface area contributed by atoms with Crippen LogP contribution < -0.4 is 0 Å². The molecule has 1 N–H and O–H groups in total. The first-order chi connectivity index (χ1) is 7.02. The molecular weight excluding hydrogens is 212 g/mol. The molecule has 0 fully saturated rings. The summed E-state index contributed by atoms with van der Waals surface area (Å²) in [7, 11) is -1.23. The Kier molecular flexibility index (Phi) is 4.03. The van der Waals surface area contributed by atoms with Crippen LogP contribution in [0.25, 0.3) is 0 Å². The Morgan fingerprint density at radius 3 is 2.53 bits per heavy atom. The van der Waals surface area contributed by atoms with Crippen LogP contribution in [0, 0.1) is 5.92 Å². The standard InChI is InChI=1S/C11H14O3S/c1-8(2)7-15(14)10-6-4-3-5-9(10)11(12)13/h3-6,8H,7H2,1-2H3,(H,12,13). The highest BCUT2D eigenvalue weighted by Gasteiger charge is 2.15. The molecule has 0 heterocycles. The van der Waals surface area contributed by atoms with Gasteiger partial charge < -0.3 is 5.11 Å². The minimum atomic E-state index is -1.23. The molecule has 0 aromatic heterocycles. The first-order valence-electron chi connectivity index (χ1n) is 4.73. The van der Waals surface area contributed by atoms with E-state index in [4.69, 9.17) is 5.11 Å². The van der Waals surface area contributed by atoms with Crippen LogP contribution >= 0.6 is 0 Å². The van der Waals surface area contributed by atoms with Crippen molar-refractivity contribution in [3.8, 4) is 0 Å². The fourth-order valence-corrected chi connectivity index (χ4v) is 2.65. The van der Waals surface area contributed by atoms with Gasteiger partial charge in [-0.3, -0.25) is 4.21 Å². The molecule has 4 heteroatoms. The molecule has 1 rings (SSSR count). The summed E-state index contributed by atoms with van der Waals surface area (Å²) < 4.78 is 11.8. The van der Waals surface area contributed by atoms with Crippen molar-refractivity contribution in [3.63, 3.8) is 0 Å². The van der Waals surface area contributed by atoms with Gasteiger partial charge in [0.15, 0.2) is 0 Å². The van der Waals surface area contributed by atoms with Crippen molar-refractivity contribution >= 4 is 16.8 Å². The third-order valence-electron chi connectivity index (χ3n) is 1.85. The zero-order chi connectivity index (χ0) is 11.4. The summed E-state index contributed by atoms with van der Waals surface area (Å²) >= 11 is 0. The lowest BCUT2D eigenvalue weighted by atomic mass is 10.2. The Morgan fingerprint density at radius 2 is 2.00 bits per heavy atom. The van der Waals surface area contributed by atoms with Crippen LogP contribution in [0.5, 0.6) is 0 Å². The fourth-order valence-electron chi connectivity index (χ4n) is 1.23. The predicted octanol–water partition coefficient (Wildman–Crippen LogP) is 2.15. The van der Waals surface area contributed by atoms with Crippen LogP contribution in [-0.2, 0) is 10.8 Å². The van der Waals surface area contributed by atoms with Crippen molar-refractivity contribution in [3.05, 3.63) is 29.8 Å². The van der Waals surface area contributed by atoms with Gasteiger partial charge in [0.25, 0.3) is 0 Å². The molecule has 0 bridgehead atoms. The van der Waals surface area contributed by atoms with Gasteiger partial charge in [-0.1, -0.05) is 26.0 Å². The van der Waals surface area contributed by atoms with Gasteiger partial charge in [0.05, 0.1) is 21.3 Å². The SMILES string of the molecule is CC(C)CS(=O)c1ccccc1C(=O)O. The maximum absolute atomic E-state index is 11.8. The molecule has 15 heavy (non-hydrogen) atoms. The Balaban J connectivity index is 3.03. The van der Waals surface area contributed by atoms with E-state index >= 15 is 0 Å². The second-order valence-corrected chi connectivity index (χ2v) is 5.17. The molecule has 1 unspecified atom stereocenters. The van der Waals surface area contributed by atoms with Crippen LogP contribution in [-0.4, -0.2) is 21.0 Å². The highest BCUT2D eigenvalue weighted by atomic mass is 32.2. The quantitative estimate of drug-likeness (QED) is 0.855. The monoisotopic (exact) mass is 226 g/mol. The minimum Gasteiger partial charge on any atom is -0.478 e. The Labute approximate surface area is 91.6 Å². The average molecular weight is 226 g/mol. The number of hydrogen-bond acceptors (Lipinski definition) is 2. The third kappa shape index (κ3) is 3.16. The van der Waals surface area contributed by atoms with Gasteiger partial charge in [0.1, 0.15) is 0 Å². The van der Waals surface area contributed by atoms with E-state index in [2.05, 4.69) is 0 Å². The van der Waals surface area contributed by atoms with Gasteiger partial charge in [0.2, 0.25) is 0 Å². The fraction of sp³-hybridized carbons (Fsp3) is 0.364. The maximum atomic E-state index is 11.8. The number of benzene rings is 1.